The van der Waals surface area contributed by atoms with Crippen molar-refractivity contribution in [1.29, 1.82) is 0 Å². The van der Waals surface area contributed by atoms with E-state index in [2.05, 4.69) is 0 Å². The van der Waals surface area contributed by atoms with Gasteiger partial charge in [-0.25, -0.2) is 8.78 Å². The molecular formula is C14H20ClF2NO. The summed E-state index contributed by atoms with van der Waals surface area (Å²) in [4.78, 5) is 0. The van der Waals surface area contributed by atoms with Gasteiger partial charge in [-0.2, -0.15) is 0 Å². The Balaban J connectivity index is 0.00000180. The van der Waals surface area contributed by atoms with E-state index < -0.39 is 23.8 Å². The van der Waals surface area contributed by atoms with Crippen LogP contribution in [0.15, 0.2) is 18.2 Å². The van der Waals surface area contributed by atoms with E-state index in [9.17, 15) is 13.9 Å². The van der Waals surface area contributed by atoms with Crippen molar-refractivity contribution in [3.8, 4) is 0 Å². The zero-order chi connectivity index (χ0) is 13.1. The van der Waals surface area contributed by atoms with Crippen LogP contribution in [0.4, 0.5) is 8.78 Å². The standard InChI is InChI=1S/C14H19F2NO.ClH/c15-11-7-6-10(8-12(11)16)13(17)14(18)9-4-2-1-3-5-9;/h6-9,13-14,18H,1-5,17H2;1H/t13-,14+;/m1./s1. The summed E-state index contributed by atoms with van der Waals surface area (Å²) in [6, 6.07) is 2.92. The number of benzene rings is 1. The number of rotatable bonds is 3. The smallest absolute Gasteiger partial charge is 0.159 e. The molecule has 2 nitrogen and oxygen atoms in total. The zero-order valence-electron chi connectivity index (χ0n) is 10.7. The van der Waals surface area contributed by atoms with Gasteiger partial charge >= 0.3 is 0 Å². The van der Waals surface area contributed by atoms with E-state index in [0.29, 0.717) is 5.56 Å². The summed E-state index contributed by atoms with van der Waals surface area (Å²) in [5, 5.41) is 10.2. The summed E-state index contributed by atoms with van der Waals surface area (Å²) in [7, 11) is 0. The van der Waals surface area contributed by atoms with E-state index in [0.717, 1.165) is 37.8 Å². The first kappa shape index (κ1) is 16.3. The molecule has 1 aliphatic carbocycles. The molecule has 5 heteroatoms. The Hall–Kier alpha value is -0.710. The maximum Gasteiger partial charge on any atom is 0.159 e. The van der Waals surface area contributed by atoms with Crippen LogP contribution >= 0.6 is 12.4 Å². The summed E-state index contributed by atoms with van der Waals surface area (Å²) in [6.45, 7) is 0. The topological polar surface area (TPSA) is 46.2 Å². The van der Waals surface area contributed by atoms with Crippen molar-refractivity contribution in [1.82, 2.24) is 0 Å². The van der Waals surface area contributed by atoms with E-state index in [1.165, 1.54) is 12.5 Å². The minimum absolute atomic E-state index is 0. The van der Waals surface area contributed by atoms with Crippen LogP contribution < -0.4 is 5.73 Å². The summed E-state index contributed by atoms with van der Waals surface area (Å²) in [5.74, 6) is -1.64. The van der Waals surface area contributed by atoms with Crippen LogP contribution in [0.1, 0.15) is 43.7 Å². The molecule has 1 fully saturated rings. The fourth-order valence-electron chi connectivity index (χ4n) is 2.69. The Bertz CT molecular complexity index is 410. The number of hydrogen-bond donors (Lipinski definition) is 2. The van der Waals surface area contributed by atoms with Gasteiger partial charge in [0.25, 0.3) is 0 Å². The highest BCUT2D eigenvalue weighted by molar-refractivity contribution is 5.85. The van der Waals surface area contributed by atoms with Crippen molar-refractivity contribution in [2.75, 3.05) is 0 Å². The number of hydrogen-bond acceptors (Lipinski definition) is 2. The summed E-state index contributed by atoms with van der Waals surface area (Å²) >= 11 is 0. The van der Waals surface area contributed by atoms with Crippen molar-refractivity contribution in [2.45, 2.75) is 44.2 Å². The van der Waals surface area contributed by atoms with E-state index >= 15 is 0 Å². The number of halogens is 3. The highest BCUT2D eigenvalue weighted by atomic mass is 35.5. The molecule has 0 aromatic heterocycles. The van der Waals surface area contributed by atoms with Crippen molar-refractivity contribution in [2.24, 2.45) is 11.7 Å². The second-order valence-corrected chi connectivity index (χ2v) is 5.09. The lowest BCUT2D eigenvalue weighted by Gasteiger charge is -2.30. The van der Waals surface area contributed by atoms with Crippen LogP contribution in [-0.2, 0) is 0 Å². The molecule has 0 amide bonds. The third kappa shape index (κ3) is 3.88. The average molecular weight is 292 g/mol. The van der Waals surface area contributed by atoms with Gasteiger partial charge in [0.15, 0.2) is 11.6 Å². The van der Waals surface area contributed by atoms with Crippen molar-refractivity contribution >= 4 is 12.4 Å². The third-order valence-corrected chi connectivity index (χ3v) is 3.83. The molecule has 3 N–H and O–H groups in total. The molecule has 0 heterocycles. The van der Waals surface area contributed by atoms with Crippen molar-refractivity contribution in [3.05, 3.63) is 35.4 Å². The second-order valence-electron chi connectivity index (χ2n) is 5.09. The predicted octanol–water partition coefficient (Wildman–Crippen LogP) is 3.33. The molecule has 0 aliphatic heterocycles. The van der Waals surface area contributed by atoms with Gasteiger partial charge in [0.05, 0.1) is 12.1 Å². The summed E-state index contributed by atoms with van der Waals surface area (Å²) in [5.41, 5.74) is 6.40. The van der Waals surface area contributed by atoms with Gasteiger partial charge in [-0.05, 0) is 36.5 Å². The Kier molecular flexibility index (Phi) is 6.17. The first-order valence-corrected chi connectivity index (χ1v) is 6.48. The molecule has 1 saturated carbocycles. The number of nitrogens with two attached hydrogens (primary N) is 1. The Morgan fingerprint density at radius 3 is 2.32 bits per heavy atom. The molecule has 1 aromatic carbocycles. The lowest BCUT2D eigenvalue weighted by atomic mass is 9.81. The van der Waals surface area contributed by atoms with Gasteiger partial charge in [0.2, 0.25) is 0 Å². The summed E-state index contributed by atoms with van der Waals surface area (Å²) < 4.78 is 26.0. The van der Waals surface area contributed by atoms with Gasteiger partial charge in [-0.3, -0.25) is 0 Å². The van der Waals surface area contributed by atoms with Gasteiger partial charge in [0.1, 0.15) is 0 Å². The molecule has 1 aliphatic rings. The first-order valence-electron chi connectivity index (χ1n) is 6.48. The molecule has 0 radical (unpaired) electrons. The van der Waals surface area contributed by atoms with Gasteiger partial charge in [0, 0.05) is 0 Å². The maximum atomic E-state index is 13.1. The van der Waals surface area contributed by atoms with Crippen LogP contribution in [-0.4, -0.2) is 11.2 Å². The SMILES string of the molecule is Cl.N[C@H](c1ccc(F)c(F)c1)[C@@H](O)C1CCCCC1. The molecule has 0 saturated heterocycles. The van der Waals surface area contributed by atoms with Crippen LogP contribution in [0.2, 0.25) is 0 Å². The highest BCUT2D eigenvalue weighted by Crippen LogP contribution is 2.31. The van der Waals surface area contributed by atoms with Crippen molar-refractivity contribution < 1.29 is 13.9 Å². The lowest BCUT2D eigenvalue weighted by Crippen LogP contribution is -2.34. The molecule has 2 atom stereocenters. The predicted molar refractivity (Wildman–Crippen MR) is 73.1 cm³/mol. The minimum Gasteiger partial charge on any atom is -0.391 e. The highest BCUT2D eigenvalue weighted by Gasteiger charge is 2.27. The number of aliphatic hydroxyl groups is 1. The van der Waals surface area contributed by atoms with Gasteiger partial charge in [-0.1, -0.05) is 25.3 Å². The van der Waals surface area contributed by atoms with E-state index in [1.807, 2.05) is 0 Å². The molecule has 0 spiro atoms. The largest absolute Gasteiger partial charge is 0.391 e. The Morgan fingerprint density at radius 2 is 1.74 bits per heavy atom. The Labute approximate surface area is 118 Å². The van der Waals surface area contributed by atoms with Crippen LogP contribution in [0.5, 0.6) is 0 Å². The van der Waals surface area contributed by atoms with E-state index in [1.54, 1.807) is 0 Å². The van der Waals surface area contributed by atoms with Crippen LogP contribution in [0.3, 0.4) is 0 Å². The van der Waals surface area contributed by atoms with Crippen LogP contribution in [0.25, 0.3) is 0 Å². The monoisotopic (exact) mass is 291 g/mol. The maximum absolute atomic E-state index is 13.1. The molecule has 0 bridgehead atoms. The quantitative estimate of drug-likeness (QED) is 0.897. The van der Waals surface area contributed by atoms with Gasteiger partial charge in [-0.15, -0.1) is 12.4 Å². The molecule has 2 rings (SSSR count). The van der Waals surface area contributed by atoms with Crippen LogP contribution in [0, 0.1) is 17.6 Å². The molecule has 1 aromatic rings. The zero-order valence-corrected chi connectivity index (χ0v) is 11.5. The third-order valence-electron chi connectivity index (χ3n) is 3.83. The molecule has 108 valence electrons. The fraction of sp³-hybridized carbons (Fsp3) is 0.571. The molecule has 19 heavy (non-hydrogen) atoms. The normalized spacial score (nSPS) is 19.6. The fourth-order valence-corrected chi connectivity index (χ4v) is 2.69. The first-order chi connectivity index (χ1) is 8.59. The Morgan fingerprint density at radius 1 is 1.11 bits per heavy atom. The lowest BCUT2D eigenvalue weighted by molar-refractivity contribution is 0.0617. The second kappa shape index (κ2) is 7.17. The summed E-state index contributed by atoms with van der Waals surface area (Å²) in [6.07, 6.45) is 4.63. The van der Waals surface area contributed by atoms with Crippen molar-refractivity contribution in [3.63, 3.8) is 0 Å². The average Bonchev–Trinajstić information content (AvgIpc) is 2.41. The molecule has 0 unspecified atom stereocenters. The van der Waals surface area contributed by atoms with E-state index in [4.69, 9.17) is 5.73 Å². The van der Waals surface area contributed by atoms with Gasteiger partial charge < -0.3 is 10.8 Å². The number of aliphatic hydroxyl groups excluding tert-OH is 1. The minimum atomic E-state index is -0.918. The molecular weight excluding hydrogens is 272 g/mol. The van der Waals surface area contributed by atoms with E-state index in [-0.39, 0.29) is 18.3 Å².